The topological polar surface area (TPSA) is 102 Å². The van der Waals surface area contributed by atoms with Gasteiger partial charge < -0.3 is 30.1 Å². The highest BCUT2D eigenvalue weighted by Crippen LogP contribution is 2.37. The number of carbonyl (C=O) groups is 2. The number of amides is 2. The summed E-state index contributed by atoms with van der Waals surface area (Å²) in [7, 11) is 2.13. The third-order valence-corrected chi connectivity index (χ3v) is 7.99. The summed E-state index contributed by atoms with van der Waals surface area (Å²) in [5.41, 5.74) is 0.407. The molecule has 8 heteroatoms. The van der Waals surface area contributed by atoms with E-state index in [0.717, 1.165) is 31.5 Å². The first-order valence-electron chi connectivity index (χ1n) is 12.6. The molecule has 3 aliphatic heterocycles. The molecule has 4 rings (SSSR count). The molecule has 1 aromatic rings. The Kier molecular flexibility index (Phi) is 8.11. The first-order chi connectivity index (χ1) is 16.3. The third kappa shape index (κ3) is 6.29. The van der Waals surface area contributed by atoms with Gasteiger partial charge in [0.05, 0.1) is 12.2 Å². The van der Waals surface area contributed by atoms with Gasteiger partial charge in [-0.15, -0.1) is 0 Å². The molecule has 0 aromatic heterocycles. The molecule has 0 unspecified atom stereocenters. The molecule has 0 radical (unpaired) electrons. The second-order valence-electron chi connectivity index (χ2n) is 10.5. The van der Waals surface area contributed by atoms with Crippen LogP contribution < -0.4 is 10.1 Å². The minimum absolute atomic E-state index is 0.0903. The van der Waals surface area contributed by atoms with Gasteiger partial charge in [-0.05, 0) is 75.2 Å². The van der Waals surface area contributed by atoms with E-state index < -0.39 is 12.2 Å². The summed E-state index contributed by atoms with van der Waals surface area (Å²) in [6, 6.07) is 7.29. The van der Waals surface area contributed by atoms with E-state index in [1.54, 1.807) is 6.07 Å². The highest BCUT2D eigenvalue weighted by Gasteiger charge is 2.40. The maximum absolute atomic E-state index is 12.9. The molecule has 34 heavy (non-hydrogen) atoms. The molecule has 0 bridgehead atoms. The summed E-state index contributed by atoms with van der Waals surface area (Å²) in [5, 5.41) is 24.6. The Morgan fingerprint density at radius 3 is 2.56 bits per heavy atom. The Morgan fingerprint density at radius 2 is 1.82 bits per heavy atom. The fourth-order valence-electron chi connectivity index (χ4n) is 5.56. The second kappa shape index (κ2) is 11.1. The molecule has 2 saturated heterocycles. The fourth-order valence-corrected chi connectivity index (χ4v) is 5.56. The van der Waals surface area contributed by atoms with E-state index in [9.17, 15) is 19.8 Å². The number of aliphatic hydroxyl groups is 2. The number of piperidine rings is 2. The van der Waals surface area contributed by atoms with E-state index in [0.29, 0.717) is 57.0 Å². The Labute approximate surface area is 202 Å². The van der Waals surface area contributed by atoms with Crippen molar-refractivity contribution in [3.8, 4) is 5.75 Å². The summed E-state index contributed by atoms with van der Waals surface area (Å²) in [5.74, 6) is 1.02. The summed E-state index contributed by atoms with van der Waals surface area (Å²) >= 11 is 0. The predicted molar refractivity (Wildman–Crippen MR) is 128 cm³/mol. The molecule has 3 heterocycles. The third-order valence-electron chi connectivity index (χ3n) is 7.99. The number of rotatable bonds is 2. The normalized spacial score (nSPS) is 27.1. The van der Waals surface area contributed by atoms with Crippen molar-refractivity contribution in [3.63, 3.8) is 0 Å². The second-order valence-corrected chi connectivity index (χ2v) is 10.5. The molecule has 0 aliphatic carbocycles. The molecule has 1 aromatic carbocycles. The van der Waals surface area contributed by atoms with Crippen molar-refractivity contribution >= 4 is 11.8 Å². The number of carbonyl (C=O) groups excluding carboxylic acids is 2. The number of nitrogens with zero attached hydrogens (tertiary/aromatic N) is 2. The van der Waals surface area contributed by atoms with Crippen molar-refractivity contribution in [1.29, 1.82) is 0 Å². The van der Waals surface area contributed by atoms with Gasteiger partial charge in [-0.2, -0.15) is 0 Å². The molecule has 2 amide bonds. The number of para-hydroxylation sites is 1. The standard InChI is InChI=1S/C26H39N3O5/c1-28-10-6-19(7-11-28)14-25(33)29-12-8-26(9-13-29)16-22(31)21(30)15-20-4-2-3-5-23(20)34-17-24(32)27-18-26/h2-5,19,21-22,30-31H,6-18H2,1H3,(H,27,32)/t21-,22+/m0/s1. The molecular weight excluding hydrogens is 434 g/mol. The van der Waals surface area contributed by atoms with E-state index in [1.165, 1.54) is 0 Å². The SMILES string of the molecule is CN1CCC(CC(=O)N2CCC3(CC2)CNC(=O)COc2ccccc2C[C@H](O)[C@H](O)C3)CC1. The van der Waals surface area contributed by atoms with Gasteiger partial charge in [-0.1, -0.05) is 18.2 Å². The van der Waals surface area contributed by atoms with Crippen LogP contribution in [0.5, 0.6) is 5.75 Å². The number of hydrogen-bond acceptors (Lipinski definition) is 6. The van der Waals surface area contributed by atoms with Crippen LogP contribution in [0, 0.1) is 11.3 Å². The Morgan fingerprint density at radius 1 is 1.12 bits per heavy atom. The van der Waals surface area contributed by atoms with Crippen LogP contribution in [-0.2, 0) is 16.0 Å². The van der Waals surface area contributed by atoms with Crippen molar-refractivity contribution in [2.45, 2.75) is 57.2 Å². The van der Waals surface area contributed by atoms with Crippen molar-refractivity contribution in [3.05, 3.63) is 29.8 Å². The summed E-state index contributed by atoms with van der Waals surface area (Å²) in [6.07, 6.45) is 2.91. The van der Waals surface area contributed by atoms with Gasteiger partial charge >= 0.3 is 0 Å². The van der Waals surface area contributed by atoms with Crippen LogP contribution in [0.3, 0.4) is 0 Å². The zero-order chi connectivity index (χ0) is 24.1. The monoisotopic (exact) mass is 473 g/mol. The van der Waals surface area contributed by atoms with Gasteiger partial charge in [0.25, 0.3) is 5.91 Å². The maximum Gasteiger partial charge on any atom is 0.257 e. The molecule has 188 valence electrons. The zero-order valence-corrected chi connectivity index (χ0v) is 20.2. The maximum atomic E-state index is 12.9. The van der Waals surface area contributed by atoms with Crippen LogP contribution in [0.4, 0.5) is 0 Å². The molecule has 1 spiro atoms. The molecule has 3 N–H and O–H groups in total. The van der Waals surface area contributed by atoms with Gasteiger partial charge in [0.1, 0.15) is 5.75 Å². The molecular formula is C26H39N3O5. The summed E-state index contributed by atoms with van der Waals surface area (Å²) < 4.78 is 5.70. The van der Waals surface area contributed by atoms with Gasteiger partial charge in [0.2, 0.25) is 5.91 Å². The van der Waals surface area contributed by atoms with Crippen LogP contribution >= 0.6 is 0 Å². The van der Waals surface area contributed by atoms with E-state index in [4.69, 9.17) is 4.74 Å². The molecule has 3 aliphatic rings. The van der Waals surface area contributed by atoms with Crippen LogP contribution in [0.25, 0.3) is 0 Å². The Balaban J connectivity index is 1.39. The fraction of sp³-hybridized carbons (Fsp3) is 0.692. The van der Waals surface area contributed by atoms with E-state index in [2.05, 4.69) is 17.3 Å². The number of likely N-dealkylation sites (tertiary alicyclic amines) is 2. The minimum atomic E-state index is -0.930. The van der Waals surface area contributed by atoms with E-state index in [1.807, 2.05) is 23.1 Å². The summed E-state index contributed by atoms with van der Waals surface area (Å²) in [6.45, 7) is 3.64. The van der Waals surface area contributed by atoms with Crippen LogP contribution in [-0.4, -0.2) is 90.4 Å². The van der Waals surface area contributed by atoms with Crippen molar-refractivity contribution in [2.75, 3.05) is 46.4 Å². The van der Waals surface area contributed by atoms with E-state index in [-0.39, 0.29) is 30.3 Å². The minimum Gasteiger partial charge on any atom is -0.483 e. The number of benzene rings is 1. The van der Waals surface area contributed by atoms with Gasteiger partial charge in [0.15, 0.2) is 6.61 Å². The number of aliphatic hydroxyl groups excluding tert-OH is 2. The lowest BCUT2D eigenvalue weighted by Gasteiger charge is -2.44. The lowest BCUT2D eigenvalue weighted by atomic mass is 9.72. The smallest absolute Gasteiger partial charge is 0.257 e. The van der Waals surface area contributed by atoms with Crippen LogP contribution in [0.15, 0.2) is 24.3 Å². The number of ether oxygens (including phenoxy) is 1. The average Bonchev–Trinajstić information content (AvgIpc) is 2.83. The highest BCUT2D eigenvalue weighted by molar-refractivity contribution is 5.78. The van der Waals surface area contributed by atoms with E-state index >= 15 is 0 Å². The number of hydrogen-bond donors (Lipinski definition) is 3. The number of fused-ring (bicyclic) bond motifs is 1. The van der Waals surface area contributed by atoms with Crippen molar-refractivity contribution in [1.82, 2.24) is 15.1 Å². The van der Waals surface area contributed by atoms with Gasteiger partial charge in [-0.25, -0.2) is 0 Å². The lowest BCUT2D eigenvalue weighted by Crippen LogP contribution is -2.51. The Hall–Kier alpha value is -2.16. The molecule has 8 nitrogen and oxygen atoms in total. The largest absolute Gasteiger partial charge is 0.483 e. The summed E-state index contributed by atoms with van der Waals surface area (Å²) in [4.78, 5) is 29.7. The Bertz CT molecular complexity index is 847. The average molecular weight is 474 g/mol. The van der Waals surface area contributed by atoms with Crippen LogP contribution in [0.2, 0.25) is 0 Å². The van der Waals surface area contributed by atoms with Crippen molar-refractivity contribution < 1.29 is 24.5 Å². The first-order valence-corrected chi connectivity index (χ1v) is 12.6. The lowest BCUT2D eigenvalue weighted by molar-refractivity contribution is -0.136. The molecule has 2 atom stereocenters. The van der Waals surface area contributed by atoms with Gasteiger partial charge in [-0.3, -0.25) is 9.59 Å². The first kappa shape index (κ1) is 24.9. The zero-order valence-electron chi connectivity index (χ0n) is 20.2. The number of nitrogens with one attached hydrogen (secondary N) is 1. The van der Waals surface area contributed by atoms with Crippen LogP contribution in [0.1, 0.15) is 44.1 Å². The predicted octanol–water partition coefficient (Wildman–Crippen LogP) is 1.19. The highest BCUT2D eigenvalue weighted by atomic mass is 16.5. The molecule has 2 fully saturated rings. The quantitative estimate of drug-likeness (QED) is 0.597. The molecule has 0 saturated carbocycles. The van der Waals surface area contributed by atoms with Crippen molar-refractivity contribution in [2.24, 2.45) is 11.3 Å². The van der Waals surface area contributed by atoms with Gasteiger partial charge in [0, 0.05) is 32.5 Å².